The summed E-state index contributed by atoms with van der Waals surface area (Å²) in [5, 5.41) is 9.90. The van der Waals surface area contributed by atoms with E-state index in [1.807, 2.05) is 44.2 Å². The minimum Gasteiger partial charge on any atom is -0.386 e. The molecule has 2 rings (SSSR count). The quantitative estimate of drug-likeness (QED) is 0.811. The van der Waals surface area contributed by atoms with Gasteiger partial charge in [0.15, 0.2) is 5.79 Å². The highest BCUT2D eigenvalue weighted by molar-refractivity contribution is 5.13. The summed E-state index contributed by atoms with van der Waals surface area (Å²) in [6, 6.07) is 9.93. The van der Waals surface area contributed by atoms with Crippen molar-refractivity contribution in [2.45, 2.75) is 44.6 Å². The second kappa shape index (κ2) is 6.50. The molecule has 4 heteroatoms. The minimum atomic E-state index is -0.762. The molecular weight excluding hydrogens is 256 g/mol. The van der Waals surface area contributed by atoms with Gasteiger partial charge in [-0.05, 0) is 19.4 Å². The van der Waals surface area contributed by atoms with Crippen molar-refractivity contribution in [1.82, 2.24) is 0 Å². The third kappa shape index (κ3) is 3.90. The molecule has 0 radical (unpaired) electrons. The zero-order valence-corrected chi connectivity index (χ0v) is 12.0. The van der Waals surface area contributed by atoms with Crippen LogP contribution in [0, 0.1) is 0 Å². The fraction of sp³-hybridized carbons (Fsp3) is 0.500. The molecule has 0 unspecified atom stereocenters. The standard InChI is InChI=1S/C16H22O4/c1-4-13(17)15-14(19-16(2,3)20-15)11-18-10-12-8-6-5-7-9-12/h4-9,13-15,17H,1,10-11H2,2-3H3/t13-,14-,15-/m0/s1. The van der Waals surface area contributed by atoms with E-state index in [9.17, 15) is 5.11 Å². The van der Waals surface area contributed by atoms with E-state index >= 15 is 0 Å². The number of aliphatic hydroxyl groups is 1. The summed E-state index contributed by atoms with van der Waals surface area (Å²) in [6.07, 6.45) is -0.0540. The van der Waals surface area contributed by atoms with Crippen molar-refractivity contribution in [2.75, 3.05) is 6.61 Å². The highest BCUT2D eigenvalue weighted by atomic mass is 16.8. The Morgan fingerprint density at radius 2 is 2.05 bits per heavy atom. The number of aliphatic hydroxyl groups excluding tert-OH is 1. The second-order valence-electron chi connectivity index (χ2n) is 5.37. The Hall–Kier alpha value is -1.20. The normalized spacial score (nSPS) is 26.4. The second-order valence-corrected chi connectivity index (χ2v) is 5.37. The molecule has 1 aromatic rings. The molecule has 1 N–H and O–H groups in total. The zero-order valence-electron chi connectivity index (χ0n) is 12.0. The molecule has 0 amide bonds. The van der Waals surface area contributed by atoms with E-state index < -0.39 is 18.0 Å². The molecule has 0 aliphatic carbocycles. The largest absolute Gasteiger partial charge is 0.386 e. The Kier molecular flexibility index (Phi) is 4.94. The Morgan fingerprint density at radius 1 is 1.35 bits per heavy atom. The average molecular weight is 278 g/mol. The van der Waals surface area contributed by atoms with Gasteiger partial charge in [0.05, 0.1) is 13.2 Å². The molecule has 1 aliphatic heterocycles. The van der Waals surface area contributed by atoms with Crippen LogP contribution in [0.15, 0.2) is 43.0 Å². The predicted octanol–water partition coefficient (Wildman–Crippen LogP) is 2.27. The molecule has 3 atom stereocenters. The lowest BCUT2D eigenvalue weighted by molar-refractivity contribution is -0.156. The van der Waals surface area contributed by atoms with Gasteiger partial charge in [-0.25, -0.2) is 0 Å². The van der Waals surface area contributed by atoms with Crippen molar-refractivity contribution in [3.05, 3.63) is 48.6 Å². The number of rotatable bonds is 6. The highest BCUT2D eigenvalue weighted by Gasteiger charge is 2.44. The first-order valence-electron chi connectivity index (χ1n) is 6.80. The van der Waals surface area contributed by atoms with Gasteiger partial charge >= 0.3 is 0 Å². The summed E-state index contributed by atoms with van der Waals surface area (Å²) in [4.78, 5) is 0. The van der Waals surface area contributed by atoms with Crippen LogP contribution in [0.5, 0.6) is 0 Å². The molecule has 0 bridgehead atoms. The number of ether oxygens (including phenoxy) is 3. The molecule has 1 saturated heterocycles. The van der Waals surface area contributed by atoms with Crippen LogP contribution in [0.1, 0.15) is 19.4 Å². The van der Waals surface area contributed by atoms with Gasteiger partial charge < -0.3 is 19.3 Å². The van der Waals surface area contributed by atoms with Crippen LogP contribution in [0.25, 0.3) is 0 Å². The Labute approximate surface area is 120 Å². The first-order valence-corrected chi connectivity index (χ1v) is 6.80. The molecule has 1 fully saturated rings. The Balaban J connectivity index is 1.88. The van der Waals surface area contributed by atoms with Gasteiger partial charge in [0, 0.05) is 0 Å². The van der Waals surface area contributed by atoms with E-state index in [0.717, 1.165) is 5.56 Å². The van der Waals surface area contributed by atoms with Gasteiger partial charge in [-0.15, -0.1) is 6.58 Å². The monoisotopic (exact) mass is 278 g/mol. The van der Waals surface area contributed by atoms with Crippen LogP contribution in [0.2, 0.25) is 0 Å². The fourth-order valence-electron chi connectivity index (χ4n) is 2.28. The van der Waals surface area contributed by atoms with E-state index in [2.05, 4.69) is 6.58 Å². The molecule has 110 valence electrons. The third-order valence-corrected chi connectivity index (χ3v) is 3.19. The number of hydrogen-bond donors (Lipinski definition) is 1. The number of hydrogen-bond acceptors (Lipinski definition) is 4. The summed E-state index contributed by atoms with van der Waals surface area (Å²) in [6.45, 7) is 8.12. The summed E-state index contributed by atoms with van der Waals surface area (Å²) in [5.41, 5.74) is 1.10. The van der Waals surface area contributed by atoms with Crippen LogP contribution < -0.4 is 0 Å². The van der Waals surface area contributed by atoms with Crippen LogP contribution in [-0.2, 0) is 20.8 Å². The van der Waals surface area contributed by atoms with Crippen LogP contribution in [0.3, 0.4) is 0 Å². The van der Waals surface area contributed by atoms with Gasteiger partial charge in [0.2, 0.25) is 0 Å². The summed E-state index contributed by atoms with van der Waals surface area (Å²) in [7, 11) is 0. The van der Waals surface area contributed by atoms with Crippen molar-refractivity contribution >= 4 is 0 Å². The lowest BCUT2D eigenvalue weighted by atomic mass is 10.1. The van der Waals surface area contributed by atoms with Gasteiger partial charge in [0.25, 0.3) is 0 Å². The summed E-state index contributed by atoms with van der Waals surface area (Å²) >= 11 is 0. The van der Waals surface area contributed by atoms with E-state index in [0.29, 0.717) is 13.2 Å². The van der Waals surface area contributed by atoms with Crippen molar-refractivity contribution in [2.24, 2.45) is 0 Å². The van der Waals surface area contributed by atoms with Gasteiger partial charge in [-0.1, -0.05) is 36.4 Å². The summed E-state index contributed by atoms with van der Waals surface area (Å²) in [5.74, 6) is -0.713. The average Bonchev–Trinajstić information content (AvgIpc) is 2.74. The van der Waals surface area contributed by atoms with Crippen LogP contribution >= 0.6 is 0 Å². The highest BCUT2D eigenvalue weighted by Crippen LogP contribution is 2.30. The summed E-state index contributed by atoms with van der Waals surface area (Å²) < 4.78 is 17.1. The van der Waals surface area contributed by atoms with E-state index in [-0.39, 0.29) is 6.10 Å². The third-order valence-electron chi connectivity index (χ3n) is 3.19. The molecule has 20 heavy (non-hydrogen) atoms. The van der Waals surface area contributed by atoms with Gasteiger partial charge in [0.1, 0.15) is 18.3 Å². The smallest absolute Gasteiger partial charge is 0.164 e. The Morgan fingerprint density at radius 3 is 2.70 bits per heavy atom. The molecule has 0 aromatic heterocycles. The van der Waals surface area contributed by atoms with Crippen molar-refractivity contribution in [1.29, 1.82) is 0 Å². The van der Waals surface area contributed by atoms with Crippen LogP contribution in [-0.4, -0.2) is 35.8 Å². The Bertz CT molecular complexity index is 429. The fourth-order valence-corrected chi connectivity index (χ4v) is 2.28. The lowest BCUT2D eigenvalue weighted by Gasteiger charge is -2.19. The minimum absolute atomic E-state index is 0.304. The van der Waals surface area contributed by atoms with E-state index in [1.54, 1.807) is 0 Å². The van der Waals surface area contributed by atoms with Gasteiger partial charge in [-0.2, -0.15) is 0 Å². The molecule has 1 heterocycles. The molecular formula is C16H22O4. The van der Waals surface area contributed by atoms with Crippen LogP contribution in [0.4, 0.5) is 0 Å². The molecule has 0 spiro atoms. The van der Waals surface area contributed by atoms with E-state index in [4.69, 9.17) is 14.2 Å². The maximum atomic E-state index is 9.90. The van der Waals surface area contributed by atoms with E-state index in [1.165, 1.54) is 6.08 Å². The maximum Gasteiger partial charge on any atom is 0.164 e. The SMILES string of the molecule is C=C[C@H](O)[C@@H]1OC(C)(C)O[C@H]1COCc1ccccc1. The molecule has 1 aromatic carbocycles. The zero-order chi connectivity index (χ0) is 14.6. The topological polar surface area (TPSA) is 47.9 Å². The van der Waals surface area contributed by atoms with Crippen molar-refractivity contribution < 1.29 is 19.3 Å². The number of benzene rings is 1. The van der Waals surface area contributed by atoms with Crippen molar-refractivity contribution in [3.63, 3.8) is 0 Å². The molecule has 1 aliphatic rings. The lowest BCUT2D eigenvalue weighted by Crippen LogP contribution is -2.36. The predicted molar refractivity (Wildman–Crippen MR) is 76.1 cm³/mol. The first-order chi connectivity index (χ1) is 9.52. The van der Waals surface area contributed by atoms with Crippen molar-refractivity contribution in [3.8, 4) is 0 Å². The maximum absolute atomic E-state index is 9.90. The first kappa shape index (κ1) is 15.2. The van der Waals surface area contributed by atoms with Gasteiger partial charge in [-0.3, -0.25) is 0 Å². The molecule has 4 nitrogen and oxygen atoms in total. The molecule has 0 saturated carbocycles.